The van der Waals surface area contributed by atoms with Crippen LogP contribution in [-0.2, 0) is 0 Å². The molecule has 0 aliphatic heterocycles. The SMILES string of the molecule is OCC1(Br)C2(Br)C=CC(Br)(C2(Br)Br)C1(Br)CO. The summed E-state index contributed by atoms with van der Waals surface area (Å²) in [6, 6.07) is 0. The molecule has 0 saturated heterocycles. The number of allylic oxidation sites excluding steroid dienone is 2. The predicted octanol–water partition coefficient (Wildman–Crippen LogP) is 3.58. The van der Waals surface area contributed by atoms with E-state index in [1.807, 2.05) is 12.2 Å². The molecule has 0 radical (unpaired) electrons. The molecule has 2 N–H and O–H groups in total. The second-order valence-corrected chi connectivity index (χ2v) is 12.9. The number of halogens is 6. The summed E-state index contributed by atoms with van der Waals surface area (Å²) < 4.78 is -3.40. The lowest BCUT2D eigenvalue weighted by atomic mass is 9.83. The van der Waals surface area contributed by atoms with Gasteiger partial charge in [0.1, 0.15) is 3.23 Å². The van der Waals surface area contributed by atoms with Gasteiger partial charge in [0, 0.05) is 0 Å². The number of fused-ring (bicyclic) bond motifs is 2. The van der Waals surface area contributed by atoms with Gasteiger partial charge in [0.25, 0.3) is 0 Å². The van der Waals surface area contributed by atoms with Crippen LogP contribution in [-0.4, -0.2) is 44.0 Å². The van der Waals surface area contributed by atoms with E-state index in [0.717, 1.165) is 0 Å². The first-order valence-corrected chi connectivity index (χ1v) is 9.39. The highest BCUT2D eigenvalue weighted by atomic mass is 79.9. The minimum Gasteiger partial charge on any atom is -0.395 e. The van der Waals surface area contributed by atoms with Gasteiger partial charge < -0.3 is 10.2 Å². The first kappa shape index (κ1) is 15.9. The van der Waals surface area contributed by atoms with Crippen molar-refractivity contribution < 1.29 is 10.2 Å². The first-order chi connectivity index (χ1) is 7.58. The Morgan fingerprint density at radius 2 is 1.00 bits per heavy atom. The molecule has 2 rings (SSSR count). The standard InChI is InChI=1S/C9H8Br6O2/c10-5-1-2-6(11,9(5,14)15)8(13,4-17)7(5,12)3-16/h1-2,16-17H,3-4H2. The minimum absolute atomic E-state index is 0.152. The van der Waals surface area contributed by atoms with Crippen molar-refractivity contribution in [1.82, 2.24) is 0 Å². The zero-order chi connectivity index (χ0) is 13.3. The molecule has 0 aromatic heterocycles. The maximum absolute atomic E-state index is 9.81. The fourth-order valence-electron chi connectivity index (χ4n) is 2.52. The van der Waals surface area contributed by atoms with Gasteiger partial charge in [0.2, 0.25) is 0 Å². The molecule has 0 aromatic rings. The summed E-state index contributed by atoms with van der Waals surface area (Å²) in [4.78, 5) is 0. The Hall–Kier alpha value is 2.54. The van der Waals surface area contributed by atoms with Crippen LogP contribution in [0.4, 0.5) is 0 Å². The van der Waals surface area contributed by atoms with Crippen LogP contribution in [0.2, 0.25) is 0 Å². The topological polar surface area (TPSA) is 40.5 Å². The molecule has 2 aliphatic carbocycles. The van der Waals surface area contributed by atoms with Crippen LogP contribution >= 0.6 is 95.6 Å². The van der Waals surface area contributed by atoms with Crippen LogP contribution in [0.3, 0.4) is 0 Å². The van der Waals surface area contributed by atoms with Crippen molar-refractivity contribution in [3.05, 3.63) is 12.2 Å². The highest BCUT2D eigenvalue weighted by Gasteiger charge is 2.86. The van der Waals surface area contributed by atoms with Crippen LogP contribution in [0.25, 0.3) is 0 Å². The van der Waals surface area contributed by atoms with Gasteiger partial charge in [-0.15, -0.1) is 0 Å². The summed E-state index contributed by atoms with van der Waals surface area (Å²) in [7, 11) is 0. The van der Waals surface area contributed by atoms with Crippen LogP contribution < -0.4 is 0 Å². The molecule has 0 heterocycles. The van der Waals surface area contributed by atoms with E-state index >= 15 is 0 Å². The molecule has 0 spiro atoms. The van der Waals surface area contributed by atoms with Crippen molar-refractivity contribution in [1.29, 1.82) is 0 Å². The van der Waals surface area contributed by atoms with Gasteiger partial charge >= 0.3 is 0 Å². The normalized spacial score (nSPS) is 55.5. The highest BCUT2D eigenvalue weighted by molar-refractivity contribution is 9.27. The molecule has 0 aromatic carbocycles. The van der Waals surface area contributed by atoms with E-state index in [1.165, 1.54) is 0 Å². The van der Waals surface area contributed by atoms with Crippen LogP contribution in [0, 0.1) is 0 Å². The Kier molecular flexibility index (Phi) is 4.00. The maximum Gasteiger partial charge on any atom is 0.121 e. The molecule has 2 aliphatic rings. The third kappa shape index (κ3) is 1.38. The third-order valence-corrected chi connectivity index (χ3v) is 16.1. The van der Waals surface area contributed by atoms with Crippen molar-refractivity contribution in [3.8, 4) is 0 Å². The lowest BCUT2D eigenvalue weighted by Crippen LogP contribution is -2.61. The summed E-state index contributed by atoms with van der Waals surface area (Å²) >= 11 is 21.9. The lowest BCUT2D eigenvalue weighted by molar-refractivity contribution is 0.174. The summed E-state index contributed by atoms with van der Waals surface area (Å²) in [5, 5.41) is 19.6. The van der Waals surface area contributed by atoms with Crippen molar-refractivity contribution in [2.24, 2.45) is 0 Å². The molecule has 2 bridgehead atoms. The molecule has 4 unspecified atom stereocenters. The molecule has 4 atom stereocenters. The lowest BCUT2D eigenvalue weighted by Gasteiger charge is -2.46. The number of rotatable bonds is 2. The number of aliphatic hydroxyl groups excluding tert-OH is 2. The van der Waals surface area contributed by atoms with E-state index in [2.05, 4.69) is 95.6 Å². The van der Waals surface area contributed by atoms with Crippen LogP contribution in [0.1, 0.15) is 0 Å². The van der Waals surface area contributed by atoms with Crippen molar-refractivity contribution in [3.63, 3.8) is 0 Å². The molecular formula is C9H8Br6O2. The van der Waals surface area contributed by atoms with Gasteiger partial charge in [0.05, 0.1) is 30.5 Å². The Bertz CT molecular complexity index is 367. The predicted molar refractivity (Wildman–Crippen MR) is 90.5 cm³/mol. The van der Waals surface area contributed by atoms with E-state index in [9.17, 15) is 10.2 Å². The molecule has 98 valence electrons. The van der Waals surface area contributed by atoms with Gasteiger partial charge in [0.15, 0.2) is 0 Å². The summed E-state index contributed by atoms with van der Waals surface area (Å²) in [5.74, 6) is 0. The van der Waals surface area contributed by atoms with Crippen LogP contribution in [0.5, 0.6) is 0 Å². The largest absolute Gasteiger partial charge is 0.395 e. The molecule has 1 saturated carbocycles. The average molecular weight is 628 g/mol. The number of hydrogen-bond acceptors (Lipinski definition) is 2. The zero-order valence-corrected chi connectivity index (χ0v) is 17.7. The number of hydrogen-bond donors (Lipinski definition) is 2. The summed E-state index contributed by atoms with van der Waals surface area (Å²) in [6.07, 6.45) is 3.93. The van der Waals surface area contributed by atoms with Gasteiger partial charge in [-0.3, -0.25) is 0 Å². The molecule has 8 heteroatoms. The molecule has 17 heavy (non-hydrogen) atoms. The summed E-state index contributed by atoms with van der Waals surface area (Å²) in [5.41, 5.74) is 0. The van der Waals surface area contributed by atoms with E-state index < -0.39 is 20.5 Å². The van der Waals surface area contributed by atoms with Gasteiger partial charge in [-0.1, -0.05) is 108 Å². The molecule has 2 nitrogen and oxygen atoms in total. The Labute approximate surface area is 150 Å². The van der Waals surface area contributed by atoms with E-state index in [1.54, 1.807) is 0 Å². The highest BCUT2D eigenvalue weighted by Crippen LogP contribution is 2.79. The Morgan fingerprint density at radius 3 is 1.24 bits per heavy atom. The fourth-order valence-corrected chi connectivity index (χ4v) is 9.82. The Morgan fingerprint density at radius 1 is 0.706 bits per heavy atom. The number of alkyl halides is 6. The number of aliphatic hydroxyl groups is 2. The van der Waals surface area contributed by atoms with Crippen molar-refractivity contribution in [2.75, 3.05) is 13.2 Å². The summed E-state index contributed by atoms with van der Waals surface area (Å²) in [6.45, 7) is -0.304. The van der Waals surface area contributed by atoms with Gasteiger partial charge in [-0.2, -0.15) is 0 Å². The van der Waals surface area contributed by atoms with E-state index in [0.29, 0.717) is 0 Å². The molecule has 0 amide bonds. The van der Waals surface area contributed by atoms with Crippen LogP contribution in [0.15, 0.2) is 12.2 Å². The second-order valence-electron chi connectivity index (χ2n) is 4.25. The zero-order valence-electron chi connectivity index (χ0n) is 8.23. The monoisotopic (exact) mass is 622 g/mol. The molecular weight excluding hydrogens is 620 g/mol. The van der Waals surface area contributed by atoms with E-state index in [4.69, 9.17) is 0 Å². The second kappa shape index (κ2) is 4.27. The average Bonchev–Trinajstić information content (AvgIpc) is 2.52. The fraction of sp³-hybridized carbons (Fsp3) is 0.778. The van der Waals surface area contributed by atoms with Crippen molar-refractivity contribution >= 4 is 95.6 Å². The van der Waals surface area contributed by atoms with Gasteiger partial charge in [-0.25, -0.2) is 0 Å². The molecule has 1 fully saturated rings. The van der Waals surface area contributed by atoms with Gasteiger partial charge in [-0.05, 0) is 0 Å². The van der Waals surface area contributed by atoms with E-state index in [-0.39, 0.29) is 13.2 Å². The first-order valence-electron chi connectivity index (χ1n) is 4.63. The smallest absolute Gasteiger partial charge is 0.121 e. The maximum atomic E-state index is 9.81. The third-order valence-electron chi connectivity index (χ3n) is 3.67. The Balaban J connectivity index is 2.78. The minimum atomic E-state index is -0.785. The van der Waals surface area contributed by atoms with Crippen molar-refractivity contribution in [2.45, 2.75) is 20.5 Å². The quantitative estimate of drug-likeness (QED) is 0.364.